The van der Waals surface area contributed by atoms with Crippen LogP contribution in [0.2, 0.25) is 0 Å². The van der Waals surface area contributed by atoms with Gasteiger partial charge in [0, 0.05) is 29.5 Å². The summed E-state index contributed by atoms with van der Waals surface area (Å²) in [6.45, 7) is 0.353. The van der Waals surface area contributed by atoms with E-state index in [4.69, 9.17) is 9.47 Å². The van der Waals surface area contributed by atoms with E-state index in [1.807, 2.05) is 36.4 Å². The molecule has 8 rings (SSSR count). The van der Waals surface area contributed by atoms with Crippen molar-refractivity contribution in [3.63, 3.8) is 0 Å². The molecular formula is C39H46N6O9S. The van der Waals surface area contributed by atoms with Gasteiger partial charge in [-0.3, -0.25) is 23.9 Å². The minimum Gasteiger partial charge on any atom is -0.493 e. The summed E-state index contributed by atoms with van der Waals surface area (Å²) in [5.41, 5.74) is -0.474. The number of ether oxygens (including phenoxy) is 2. The maximum Gasteiger partial charge on any atom is 0.407 e. The number of hydrogen-bond acceptors (Lipinski definition) is 10. The summed E-state index contributed by atoms with van der Waals surface area (Å²) in [5.74, 6) is -2.35. The normalized spacial score (nSPS) is 30.1. The number of benzene rings is 1. The highest BCUT2D eigenvalue weighted by molar-refractivity contribution is 7.91. The van der Waals surface area contributed by atoms with Crippen LogP contribution in [0, 0.1) is 11.3 Å². The molecule has 1 unspecified atom stereocenters. The van der Waals surface area contributed by atoms with Gasteiger partial charge in [0.05, 0.1) is 17.6 Å². The molecule has 15 nitrogen and oxygen atoms in total. The molecule has 3 aliphatic heterocycles. The number of hydrogen-bond donors (Lipinski definition) is 4. The fraction of sp³-hybridized carbons (Fsp3) is 0.538. The van der Waals surface area contributed by atoms with Crippen LogP contribution in [-0.2, 0) is 29.1 Å². The van der Waals surface area contributed by atoms with Crippen LogP contribution >= 0.6 is 0 Å². The van der Waals surface area contributed by atoms with E-state index in [9.17, 15) is 32.4 Å². The molecule has 3 aliphatic carbocycles. The highest BCUT2D eigenvalue weighted by atomic mass is 32.2. The van der Waals surface area contributed by atoms with Crippen LogP contribution in [0.25, 0.3) is 11.3 Å². The number of amides is 5. The second-order valence-electron chi connectivity index (χ2n) is 15.9. The fourth-order valence-corrected chi connectivity index (χ4v) is 9.14. The predicted molar refractivity (Wildman–Crippen MR) is 198 cm³/mol. The number of pyridine rings is 1. The van der Waals surface area contributed by atoms with Gasteiger partial charge in [0.15, 0.2) is 0 Å². The van der Waals surface area contributed by atoms with E-state index in [0.29, 0.717) is 43.7 Å². The molecule has 1 spiro atoms. The van der Waals surface area contributed by atoms with Crippen molar-refractivity contribution in [1.82, 2.24) is 30.6 Å². The molecular weight excluding hydrogens is 729 g/mol. The Morgan fingerprint density at radius 1 is 0.927 bits per heavy atom. The Hall–Kier alpha value is -4.99. The van der Waals surface area contributed by atoms with E-state index >= 15 is 0 Å². The van der Waals surface area contributed by atoms with E-state index < -0.39 is 74.6 Å². The summed E-state index contributed by atoms with van der Waals surface area (Å²) in [6.07, 6.45) is 8.82. The van der Waals surface area contributed by atoms with Crippen LogP contribution in [0.5, 0.6) is 5.75 Å². The van der Waals surface area contributed by atoms with Gasteiger partial charge in [0.2, 0.25) is 21.8 Å². The lowest BCUT2D eigenvalue weighted by Gasteiger charge is -2.30. The third kappa shape index (κ3) is 8.05. The summed E-state index contributed by atoms with van der Waals surface area (Å²) >= 11 is 0. The molecule has 292 valence electrons. The van der Waals surface area contributed by atoms with E-state index in [1.54, 1.807) is 18.2 Å². The standard InChI is InChI=1S/C39H46N6O9S/c46-33-30-13-7-12-29(41-30)24-8-6-10-27(18-24)53-22-38(16-17-38)23-54-37(50)42-31-11-5-3-1-2-4-9-25-20-39(25,36(49)44-55(51,52)28-14-15-28)43-34(47)32-19-26(40-33)21-45(32)35(31)48/h4,6-10,12-13,18,25-26,28,31-32H,1-3,5,11,14-17,19-23H2,(H,40,46)(H,42,50)(H,43,47)(H,44,49)/b9-4-/t25-,26-,31+,32+,39?/m1/s1. The second-order valence-corrected chi connectivity index (χ2v) is 17.9. The number of aromatic nitrogens is 1. The molecule has 6 aliphatic rings. The van der Waals surface area contributed by atoms with Crippen molar-refractivity contribution in [2.24, 2.45) is 11.3 Å². The lowest BCUT2D eigenvalue weighted by Crippen LogP contribution is -2.58. The first-order chi connectivity index (χ1) is 26.4. The molecule has 5 amide bonds. The first-order valence-corrected chi connectivity index (χ1v) is 20.8. The molecule has 1 aromatic heterocycles. The van der Waals surface area contributed by atoms with Gasteiger partial charge in [0.1, 0.15) is 35.7 Å². The van der Waals surface area contributed by atoms with Crippen LogP contribution in [-0.4, -0.2) is 96.7 Å². The summed E-state index contributed by atoms with van der Waals surface area (Å²) < 4.78 is 39.7. The number of carbonyl (C=O) groups is 5. The number of rotatable bonds is 3. The molecule has 16 heteroatoms. The molecule has 2 aromatic rings. The van der Waals surface area contributed by atoms with Crippen molar-refractivity contribution in [3.8, 4) is 17.0 Å². The third-order valence-corrected chi connectivity index (χ3v) is 13.5. The van der Waals surface area contributed by atoms with E-state index in [2.05, 4.69) is 25.7 Å². The van der Waals surface area contributed by atoms with Gasteiger partial charge in [0.25, 0.3) is 11.8 Å². The summed E-state index contributed by atoms with van der Waals surface area (Å²) in [6, 6.07) is 9.58. The van der Waals surface area contributed by atoms with Crippen molar-refractivity contribution in [1.29, 1.82) is 0 Å². The first kappa shape index (κ1) is 37.0. The molecule has 3 saturated carbocycles. The molecule has 5 atom stereocenters. The Morgan fingerprint density at radius 2 is 1.71 bits per heavy atom. The quantitative estimate of drug-likeness (QED) is 0.336. The molecule has 55 heavy (non-hydrogen) atoms. The number of alkyl carbamates (subject to hydrolysis) is 1. The number of carbonyl (C=O) groups excluding carboxylic acids is 5. The topological polar surface area (TPSA) is 202 Å². The van der Waals surface area contributed by atoms with Crippen LogP contribution in [0.1, 0.15) is 81.1 Å². The summed E-state index contributed by atoms with van der Waals surface area (Å²) in [7, 11) is -3.91. The van der Waals surface area contributed by atoms with Crippen LogP contribution < -0.4 is 25.4 Å². The Labute approximate surface area is 319 Å². The number of sulfonamides is 1. The maximum atomic E-state index is 14.5. The van der Waals surface area contributed by atoms with Gasteiger partial charge in [-0.1, -0.05) is 43.2 Å². The molecule has 4 fully saturated rings. The Bertz CT molecular complexity index is 2030. The zero-order chi connectivity index (χ0) is 38.4. The van der Waals surface area contributed by atoms with Crippen molar-refractivity contribution in [2.75, 3.05) is 19.8 Å². The monoisotopic (exact) mass is 774 g/mol. The van der Waals surface area contributed by atoms with Crippen LogP contribution in [0.15, 0.2) is 54.6 Å². The van der Waals surface area contributed by atoms with Gasteiger partial charge >= 0.3 is 6.09 Å². The number of allylic oxidation sites excluding steroid dienone is 1. The highest BCUT2D eigenvalue weighted by Gasteiger charge is 2.62. The molecule has 1 saturated heterocycles. The third-order valence-electron chi connectivity index (χ3n) is 11.6. The minimum atomic E-state index is -3.91. The molecule has 1 aromatic carbocycles. The van der Waals surface area contributed by atoms with E-state index in [1.165, 1.54) is 4.90 Å². The number of nitrogens with zero attached hydrogens (tertiary/aromatic N) is 2. The second kappa shape index (κ2) is 14.6. The number of cyclic esters (lactones) is 1. The van der Waals surface area contributed by atoms with E-state index in [0.717, 1.165) is 31.2 Å². The smallest absolute Gasteiger partial charge is 0.407 e. The van der Waals surface area contributed by atoms with E-state index in [-0.39, 0.29) is 43.5 Å². The Morgan fingerprint density at radius 3 is 2.51 bits per heavy atom. The summed E-state index contributed by atoms with van der Waals surface area (Å²) in [5, 5.41) is 7.91. The van der Waals surface area contributed by atoms with Crippen molar-refractivity contribution >= 4 is 39.7 Å². The van der Waals surface area contributed by atoms with Gasteiger partial charge in [-0.2, -0.15) is 0 Å². The molecule has 7 bridgehead atoms. The largest absolute Gasteiger partial charge is 0.493 e. The average molecular weight is 775 g/mol. The lowest BCUT2D eigenvalue weighted by molar-refractivity contribution is -0.141. The fourth-order valence-electron chi connectivity index (χ4n) is 7.78. The highest BCUT2D eigenvalue weighted by Crippen LogP contribution is 2.47. The van der Waals surface area contributed by atoms with Crippen LogP contribution in [0.3, 0.4) is 0 Å². The van der Waals surface area contributed by atoms with Crippen molar-refractivity contribution in [2.45, 2.75) is 99.5 Å². The number of fused-ring (bicyclic) bond motifs is 8. The predicted octanol–water partition coefficient (Wildman–Crippen LogP) is 2.72. The van der Waals surface area contributed by atoms with Gasteiger partial charge in [-0.15, -0.1) is 0 Å². The van der Waals surface area contributed by atoms with Crippen molar-refractivity contribution < 1.29 is 41.9 Å². The average Bonchev–Trinajstić information content (AvgIpc) is 4.09. The zero-order valence-corrected chi connectivity index (χ0v) is 31.3. The number of nitrogens with one attached hydrogen (secondary N) is 4. The van der Waals surface area contributed by atoms with Gasteiger partial charge in [-0.25, -0.2) is 18.2 Å². The van der Waals surface area contributed by atoms with Crippen LogP contribution in [0.4, 0.5) is 4.79 Å². The van der Waals surface area contributed by atoms with Gasteiger partial charge < -0.3 is 30.3 Å². The summed E-state index contributed by atoms with van der Waals surface area (Å²) in [4.78, 5) is 75.5. The molecule has 4 heterocycles. The Balaban J connectivity index is 1.11. The Kier molecular flexibility index (Phi) is 9.80. The van der Waals surface area contributed by atoms with Crippen molar-refractivity contribution in [3.05, 3.63) is 60.3 Å². The SMILES string of the molecule is O=C1N[C@H]2CCCCC/C=C\[C@@H]3CC3(C(=O)NS(=O)(=O)C3CC3)NC(=O)[C@@H]3C[C@H](CN3C2=O)NC(=O)c2cccc(n2)-c2cccc(c2)OCC2(CC2)CO1. The molecule has 0 radical (unpaired) electrons. The first-order valence-electron chi connectivity index (χ1n) is 19.2. The zero-order valence-electron chi connectivity index (χ0n) is 30.5. The maximum absolute atomic E-state index is 14.5. The lowest BCUT2D eigenvalue weighted by atomic mass is 10.0. The van der Waals surface area contributed by atoms with Gasteiger partial charge in [-0.05, 0) is 82.1 Å². The molecule has 4 N–H and O–H groups in total. The minimum absolute atomic E-state index is 0.000647.